The smallest absolute Gasteiger partial charge is 0.256 e. The summed E-state index contributed by atoms with van der Waals surface area (Å²) in [5.74, 6) is 0.674. The van der Waals surface area contributed by atoms with Crippen LogP contribution in [-0.2, 0) is 0 Å². The van der Waals surface area contributed by atoms with Crippen LogP contribution in [0, 0.1) is 5.41 Å². The van der Waals surface area contributed by atoms with Crippen molar-refractivity contribution in [1.82, 2.24) is 19.9 Å². The summed E-state index contributed by atoms with van der Waals surface area (Å²) in [4.78, 5) is 19.3. The van der Waals surface area contributed by atoms with Crippen LogP contribution >= 0.6 is 0 Å². The minimum Gasteiger partial charge on any atom is -0.396 e. The maximum atomic E-state index is 12.4. The number of nitrogens with zero attached hydrogens (tertiary/aromatic N) is 4. The summed E-state index contributed by atoms with van der Waals surface area (Å²) in [5, 5.41) is 16.3. The summed E-state index contributed by atoms with van der Waals surface area (Å²) in [7, 11) is 0. The van der Waals surface area contributed by atoms with Crippen LogP contribution in [0.1, 0.15) is 37.0 Å². The Morgan fingerprint density at radius 1 is 1.39 bits per heavy atom. The van der Waals surface area contributed by atoms with Gasteiger partial charge in [0, 0.05) is 37.9 Å². The van der Waals surface area contributed by atoms with Gasteiger partial charge < -0.3 is 15.3 Å². The Hall–Kier alpha value is -2.15. The second-order valence-corrected chi connectivity index (χ2v) is 6.81. The number of hydrogen-bond donors (Lipinski definition) is 2. The molecule has 7 heteroatoms. The molecule has 23 heavy (non-hydrogen) atoms. The molecule has 124 valence electrons. The van der Waals surface area contributed by atoms with Crippen LogP contribution in [0.5, 0.6) is 0 Å². The number of amides is 1. The van der Waals surface area contributed by atoms with Gasteiger partial charge in [0.15, 0.2) is 5.65 Å². The Bertz CT molecular complexity index is 704. The van der Waals surface area contributed by atoms with Gasteiger partial charge >= 0.3 is 0 Å². The molecule has 1 aliphatic rings. The third kappa shape index (κ3) is 3.29. The first-order valence-corrected chi connectivity index (χ1v) is 7.98. The summed E-state index contributed by atoms with van der Waals surface area (Å²) in [6, 6.07) is 1.93. The van der Waals surface area contributed by atoms with Crippen LogP contribution in [-0.4, -0.2) is 51.9 Å². The lowest BCUT2D eigenvalue weighted by molar-refractivity contribution is 0.0912. The molecule has 1 saturated heterocycles. The standard InChI is InChI=1S/C16H23N5O2/c1-16(2,11-22)10-17-15(23)12-9-18-21-8-5-13(19-14(12)21)20-6-3-4-7-20/h5,8-9,22H,3-4,6-7,10-11H2,1-2H3,(H,17,23). The topological polar surface area (TPSA) is 82.8 Å². The number of anilines is 1. The first-order chi connectivity index (χ1) is 11.0. The molecule has 3 heterocycles. The minimum absolute atomic E-state index is 0.0133. The maximum absolute atomic E-state index is 12.4. The zero-order valence-corrected chi connectivity index (χ0v) is 13.6. The number of rotatable bonds is 5. The van der Waals surface area contributed by atoms with E-state index in [1.54, 1.807) is 4.52 Å². The van der Waals surface area contributed by atoms with Crippen molar-refractivity contribution < 1.29 is 9.90 Å². The number of aliphatic hydroxyl groups is 1. The van der Waals surface area contributed by atoms with Gasteiger partial charge in [-0.3, -0.25) is 4.79 Å². The number of carbonyl (C=O) groups excluding carboxylic acids is 1. The van der Waals surface area contributed by atoms with Crippen LogP contribution < -0.4 is 10.2 Å². The molecule has 0 unspecified atom stereocenters. The normalized spacial score (nSPS) is 15.3. The second kappa shape index (κ2) is 6.16. The summed E-state index contributed by atoms with van der Waals surface area (Å²) in [6.45, 7) is 6.21. The van der Waals surface area contributed by atoms with E-state index in [2.05, 4.69) is 20.3 Å². The zero-order valence-electron chi connectivity index (χ0n) is 13.6. The fourth-order valence-corrected chi connectivity index (χ4v) is 2.61. The van der Waals surface area contributed by atoms with Crippen molar-refractivity contribution in [2.24, 2.45) is 5.41 Å². The lowest BCUT2D eigenvalue weighted by Crippen LogP contribution is -2.36. The molecule has 2 N–H and O–H groups in total. The van der Waals surface area contributed by atoms with E-state index in [9.17, 15) is 9.90 Å². The van der Waals surface area contributed by atoms with Crippen molar-refractivity contribution in [3.63, 3.8) is 0 Å². The molecular formula is C16H23N5O2. The van der Waals surface area contributed by atoms with Crippen molar-refractivity contribution in [3.8, 4) is 0 Å². The molecule has 2 aromatic heterocycles. The van der Waals surface area contributed by atoms with Gasteiger partial charge in [-0.2, -0.15) is 5.10 Å². The van der Waals surface area contributed by atoms with Gasteiger partial charge in [0.1, 0.15) is 11.4 Å². The molecule has 1 aliphatic heterocycles. The number of aliphatic hydroxyl groups excluding tert-OH is 1. The monoisotopic (exact) mass is 317 g/mol. The predicted molar refractivity (Wildman–Crippen MR) is 87.6 cm³/mol. The molecule has 0 spiro atoms. The third-order valence-electron chi connectivity index (χ3n) is 4.18. The Kier molecular flexibility index (Phi) is 4.21. The molecular weight excluding hydrogens is 294 g/mol. The number of aromatic nitrogens is 3. The largest absolute Gasteiger partial charge is 0.396 e. The highest BCUT2D eigenvalue weighted by Gasteiger charge is 2.21. The Labute approximate surface area is 135 Å². The minimum atomic E-state index is -0.354. The van der Waals surface area contributed by atoms with E-state index >= 15 is 0 Å². The summed E-state index contributed by atoms with van der Waals surface area (Å²) >= 11 is 0. The Morgan fingerprint density at radius 3 is 2.83 bits per heavy atom. The molecule has 0 aliphatic carbocycles. The lowest BCUT2D eigenvalue weighted by atomic mass is 9.95. The van der Waals surface area contributed by atoms with Crippen LogP contribution in [0.15, 0.2) is 18.5 Å². The molecule has 0 bridgehead atoms. The van der Waals surface area contributed by atoms with E-state index in [1.165, 1.54) is 19.0 Å². The van der Waals surface area contributed by atoms with E-state index in [1.807, 2.05) is 26.1 Å². The molecule has 0 atom stereocenters. The van der Waals surface area contributed by atoms with Crippen LogP contribution in [0.2, 0.25) is 0 Å². The van der Waals surface area contributed by atoms with E-state index in [0.29, 0.717) is 17.8 Å². The van der Waals surface area contributed by atoms with Crippen LogP contribution in [0.4, 0.5) is 5.82 Å². The Morgan fingerprint density at radius 2 is 2.13 bits per heavy atom. The average Bonchev–Trinajstić information content (AvgIpc) is 3.21. The third-order valence-corrected chi connectivity index (χ3v) is 4.18. The highest BCUT2D eigenvalue weighted by Crippen LogP contribution is 2.20. The van der Waals surface area contributed by atoms with Gasteiger partial charge in [0.25, 0.3) is 5.91 Å². The zero-order chi connectivity index (χ0) is 16.4. The number of hydrogen-bond acceptors (Lipinski definition) is 5. The maximum Gasteiger partial charge on any atom is 0.256 e. The number of nitrogens with one attached hydrogen (secondary N) is 1. The average molecular weight is 317 g/mol. The molecule has 3 rings (SSSR count). The summed E-state index contributed by atoms with van der Waals surface area (Å²) < 4.78 is 1.62. The van der Waals surface area contributed by atoms with Gasteiger partial charge in [0.05, 0.1) is 6.20 Å². The van der Waals surface area contributed by atoms with Gasteiger partial charge in [0.2, 0.25) is 0 Å². The fourth-order valence-electron chi connectivity index (χ4n) is 2.61. The molecule has 0 saturated carbocycles. The van der Waals surface area contributed by atoms with Crippen LogP contribution in [0.25, 0.3) is 5.65 Å². The van der Waals surface area contributed by atoms with Gasteiger partial charge in [-0.1, -0.05) is 13.8 Å². The molecule has 1 fully saturated rings. The van der Waals surface area contributed by atoms with Crippen molar-refractivity contribution in [1.29, 1.82) is 0 Å². The second-order valence-electron chi connectivity index (χ2n) is 6.81. The first kappa shape index (κ1) is 15.7. The quantitative estimate of drug-likeness (QED) is 0.862. The highest BCUT2D eigenvalue weighted by molar-refractivity contribution is 5.99. The highest BCUT2D eigenvalue weighted by atomic mass is 16.3. The lowest BCUT2D eigenvalue weighted by Gasteiger charge is -2.21. The molecule has 0 aromatic carbocycles. The van der Waals surface area contributed by atoms with E-state index in [4.69, 9.17) is 0 Å². The van der Waals surface area contributed by atoms with Gasteiger partial charge in [-0.15, -0.1) is 0 Å². The predicted octanol–water partition coefficient (Wildman–Crippen LogP) is 1.08. The Balaban J connectivity index is 1.82. The summed E-state index contributed by atoms with van der Waals surface area (Å²) in [6.07, 6.45) is 5.73. The van der Waals surface area contributed by atoms with Gasteiger partial charge in [-0.25, -0.2) is 9.50 Å². The van der Waals surface area contributed by atoms with E-state index in [-0.39, 0.29) is 17.9 Å². The van der Waals surface area contributed by atoms with E-state index in [0.717, 1.165) is 18.9 Å². The van der Waals surface area contributed by atoms with Crippen LogP contribution in [0.3, 0.4) is 0 Å². The molecule has 1 amide bonds. The van der Waals surface area contributed by atoms with Gasteiger partial charge in [-0.05, 0) is 18.9 Å². The molecule has 0 radical (unpaired) electrons. The van der Waals surface area contributed by atoms with Crippen molar-refractivity contribution in [2.45, 2.75) is 26.7 Å². The number of fused-ring (bicyclic) bond motifs is 1. The summed E-state index contributed by atoms with van der Waals surface area (Å²) in [5.41, 5.74) is 0.667. The van der Waals surface area contributed by atoms with Crippen molar-refractivity contribution in [3.05, 3.63) is 24.0 Å². The number of carbonyl (C=O) groups is 1. The van der Waals surface area contributed by atoms with E-state index < -0.39 is 0 Å². The molecule has 2 aromatic rings. The fraction of sp³-hybridized carbons (Fsp3) is 0.562. The van der Waals surface area contributed by atoms with Crippen molar-refractivity contribution in [2.75, 3.05) is 31.1 Å². The van der Waals surface area contributed by atoms with Crippen molar-refractivity contribution >= 4 is 17.4 Å². The first-order valence-electron chi connectivity index (χ1n) is 7.98. The SMILES string of the molecule is CC(C)(CO)CNC(=O)c1cnn2ccc(N3CCCC3)nc12. The molecule has 7 nitrogen and oxygen atoms in total.